The predicted octanol–water partition coefficient (Wildman–Crippen LogP) is 3.12. The van der Waals surface area contributed by atoms with E-state index in [9.17, 15) is 13.2 Å². The first kappa shape index (κ1) is 14.8. The fourth-order valence-corrected chi connectivity index (χ4v) is 2.51. The van der Waals surface area contributed by atoms with E-state index in [1.807, 2.05) is 6.92 Å². The molecule has 1 aliphatic carbocycles. The molecule has 1 saturated carbocycles. The van der Waals surface area contributed by atoms with Gasteiger partial charge in [-0.3, -0.25) is 0 Å². The quantitative estimate of drug-likeness (QED) is 0.812. The van der Waals surface area contributed by atoms with Crippen molar-refractivity contribution in [3.8, 4) is 0 Å². The van der Waals surface area contributed by atoms with Gasteiger partial charge in [-0.2, -0.15) is 13.2 Å². The molecule has 0 bridgehead atoms. The van der Waals surface area contributed by atoms with Gasteiger partial charge in [0.1, 0.15) is 0 Å². The van der Waals surface area contributed by atoms with E-state index < -0.39 is 18.1 Å². The summed E-state index contributed by atoms with van der Waals surface area (Å²) >= 11 is 0. The molecule has 0 aromatic heterocycles. The number of alkyl halides is 3. The average molecular weight is 253 g/mol. The first-order chi connectivity index (χ1) is 7.99. The van der Waals surface area contributed by atoms with Crippen molar-refractivity contribution in [1.82, 2.24) is 5.32 Å². The van der Waals surface area contributed by atoms with Gasteiger partial charge in [0.15, 0.2) is 0 Å². The van der Waals surface area contributed by atoms with Gasteiger partial charge >= 0.3 is 6.18 Å². The molecule has 1 N–H and O–H groups in total. The lowest BCUT2D eigenvalue weighted by Gasteiger charge is -2.36. The molecule has 17 heavy (non-hydrogen) atoms. The summed E-state index contributed by atoms with van der Waals surface area (Å²) in [7, 11) is 1.58. The second-order valence-electron chi connectivity index (χ2n) is 4.77. The Kier molecular flexibility index (Phi) is 5.73. The highest BCUT2D eigenvalue weighted by atomic mass is 19.4. The number of rotatable bonds is 5. The number of hydrogen-bond donors (Lipinski definition) is 1. The minimum Gasteiger partial charge on any atom is -0.383 e. The van der Waals surface area contributed by atoms with Gasteiger partial charge in [-0.15, -0.1) is 0 Å². The summed E-state index contributed by atoms with van der Waals surface area (Å²) in [6.07, 6.45) is -0.857. The maximum absolute atomic E-state index is 12.9. The molecule has 1 rings (SSSR count). The van der Waals surface area contributed by atoms with Gasteiger partial charge in [0.2, 0.25) is 0 Å². The summed E-state index contributed by atoms with van der Waals surface area (Å²) in [4.78, 5) is 0. The van der Waals surface area contributed by atoms with Crippen LogP contribution in [-0.2, 0) is 4.74 Å². The zero-order valence-corrected chi connectivity index (χ0v) is 10.5. The zero-order valence-electron chi connectivity index (χ0n) is 10.5. The normalized spacial score (nSPS) is 28.1. The molecule has 1 fully saturated rings. The van der Waals surface area contributed by atoms with Crippen LogP contribution in [0, 0.1) is 5.92 Å². The minimum atomic E-state index is -4.08. The highest BCUT2D eigenvalue weighted by molar-refractivity contribution is 4.87. The van der Waals surface area contributed by atoms with Gasteiger partial charge in [-0.1, -0.05) is 19.8 Å². The van der Waals surface area contributed by atoms with Crippen LogP contribution in [0.2, 0.25) is 0 Å². The van der Waals surface area contributed by atoms with Crippen molar-refractivity contribution >= 4 is 0 Å². The van der Waals surface area contributed by atoms with Crippen molar-refractivity contribution in [3.05, 3.63) is 0 Å². The molecular weight excluding hydrogens is 231 g/mol. The Morgan fingerprint density at radius 1 is 1.29 bits per heavy atom. The van der Waals surface area contributed by atoms with Crippen LogP contribution < -0.4 is 5.32 Å². The molecule has 5 heteroatoms. The van der Waals surface area contributed by atoms with E-state index in [1.165, 1.54) is 0 Å². The third kappa shape index (κ3) is 4.47. The lowest BCUT2D eigenvalue weighted by atomic mass is 9.83. The van der Waals surface area contributed by atoms with Gasteiger partial charge < -0.3 is 10.1 Å². The van der Waals surface area contributed by atoms with Crippen LogP contribution in [0.3, 0.4) is 0 Å². The molecule has 3 atom stereocenters. The van der Waals surface area contributed by atoms with Gasteiger partial charge in [0.25, 0.3) is 0 Å². The third-order valence-corrected chi connectivity index (χ3v) is 3.50. The predicted molar refractivity (Wildman–Crippen MR) is 60.9 cm³/mol. The monoisotopic (exact) mass is 253 g/mol. The van der Waals surface area contributed by atoms with Crippen molar-refractivity contribution in [2.75, 3.05) is 13.7 Å². The number of methoxy groups -OCH3 is 1. The van der Waals surface area contributed by atoms with E-state index >= 15 is 0 Å². The Balaban J connectivity index is 2.58. The molecule has 0 heterocycles. The minimum absolute atomic E-state index is 0.0212. The largest absolute Gasteiger partial charge is 0.393 e. The first-order valence-corrected chi connectivity index (χ1v) is 6.30. The van der Waals surface area contributed by atoms with E-state index in [4.69, 9.17) is 4.74 Å². The molecule has 0 aromatic carbocycles. The van der Waals surface area contributed by atoms with Crippen molar-refractivity contribution in [2.45, 2.75) is 57.3 Å². The topological polar surface area (TPSA) is 21.3 Å². The third-order valence-electron chi connectivity index (χ3n) is 3.50. The fourth-order valence-electron chi connectivity index (χ4n) is 2.51. The van der Waals surface area contributed by atoms with Gasteiger partial charge in [0.05, 0.1) is 12.5 Å². The van der Waals surface area contributed by atoms with Crippen LogP contribution in [0.4, 0.5) is 13.2 Å². The standard InChI is InChI=1S/C12H22F3NO/c1-3-9(8-17-2)16-11-7-5-4-6-10(11)12(13,14)15/h9-11,16H,3-8H2,1-2H3. The average Bonchev–Trinajstić information content (AvgIpc) is 2.27. The molecule has 0 aliphatic heterocycles. The molecule has 0 spiro atoms. The second kappa shape index (κ2) is 6.59. The van der Waals surface area contributed by atoms with E-state index in [0.29, 0.717) is 19.4 Å². The Bertz CT molecular complexity index is 220. The Morgan fingerprint density at radius 3 is 2.47 bits per heavy atom. The Morgan fingerprint density at radius 2 is 1.94 bits per heavy atom. The van der Waals surface area contributed by atoms with Crippen molar-refractivity contribution < 1.29 is 17.9 Å². The SMILES string of the molecule is CCC(COC)NC1CCCCC1C(F)(F)F. The van der Waals surface area contributed by atoms with Gasteiger partial charge in [0, 0.05) is 19.2 Å². The lowest BCUT2D eigenvalue weighted by molar-refractivity contribution is -0.189. The maximum atomic E-state index is 12.9. The summed E-state index contributed by atoms with van der Waals surface area (Å²) in [6.45, 7) is 2.43. The molecule has 0 saturated heterocycles. The smallest absolute Gasteiger partial charge is 0.383 e. The first-order valence-electron chi connectivity index (χ1n) is 6.30. The summed E-state index contributed by atoms with van der Waals surface area (Å²) in [5.74, 6) is -1.19. The number of ether oxygens (including phenoxy) is 1. The van der Waals surface area contributed by atoms with Crippen LogP contribution in [-0.4, -0.2) is 32.0 Å². The Hall–Kier alpha value is -0.290. The van der Waals surface area contributed by atoms with Gasteiger partial charge in [-0.25, -0.2) is 0 Å². The molecule has 102 valence electrons. The second-order valence-corrected chi connectivity index (χ2v) is 4.77. The molecule has 2 nitrogen and oxygen atoms in total. The summed E-state index contributed by atoms with van der Waals surface area (Å²) in [5.41, 5.74) is 0. The van der Waals surface area contributed by atoms with E-state index in [1.54, 1.807) is 7.11 Å². The molecule has 0 amide bonds. The molecular formula is C12H22F3NO. The molecule has 0 aromatic rings. The van der Waals surface area contributed by atoms with Crippen LogP contribution in [0.1, 0.15) is 39.0 Å². The van der Waals surface area contributed by atoms with Crippen molar-refractivity contribution in [2.24, 2.45) is 5.92 Å². The van der Waals surface area contributed by atoms with E-state index in [-0.39, 0.29) is 12.5 Å². The van der Waals surface area contributed by atoms with Crippen LogP contribution >= 0.6 is 0 Å². The van der Waals surface area contributed by atoms with Crippen LogP contribution in [0.15, 0.2) is 0 Å². The molecule has 1 aliphatic rings. The van der Waals surface area contributed by atoms with Crippen LogP contribution in [0.5, 0.6) is 0 Å². The maximum Gasteiger partial charge on any atom is 0.393 e. The van der Waals surface area contributed by atoms with E-state index in [0.717, 1.165) is 12.8 Å². The van der Waals surface area contributed by atoms with Crippen LogP contribution in [0.25, 0.3) is 0 Å². The highest BCUT2D eigenvalue weighted by Gasteiger charge is 2.45. The lowest BCUT2D eigenvalue weighted by Crippen LogP contribution is -2.50. The summed E-state index contributed by atoms with van der Waals surface area (Å²) in [6, 6.07) is -0.420. The summed E-state index contributed by atoms with van der Waals surface area (Å²) in [5, 5.41) is 3.12. The number of hydrogen-bond acceptors (Lipinski definition) is 2. The summed E-state index contributed by atoms with van der Waals surface area (Å²) < 4.78 is 43.6. The molecule has 0 radical (unpaired) electrons. The highest BCUT2D eigenvalue weighted by Crippen LogP contribution is 2.37. The van der Waals surface area contributed by atoms with E-state index in [2.05, 4.69) is 5.32 Å². The van der Waals surface area contributed by atoms with Crippen molar-refractivity contribution in [3.63, 3.8) is 0 Å². The van der Waals surface area contributed by atoms with Gasteiger partial charge in [-0.05, 0) is 19.3 Å². The zero-order chi connectivity index (χ0) is 12.9. The number of halogens is 3. The fraction of sp³-hybridized carbons (Fsp3) is 1.00. The number of nitrogens with one attached hydrogen (secondary N) is 1. The molecule has 3 unspecified atom stereocenters. The Labute approximate surface area is 101 Å². The van der Waals surface area contributed by atoms with Crippen molar-refractivity contribution in [1.29, 1.82) is 0 Å².